The lowest BCUT2D eigenvalue weighted by Gasteiger charge is -2.47. The number of carbonyl (C=O) groups excluding carboxylic acids is 1. The Hall–Kier alpha value is -3.31. The fraction of sp³-hybridized carbons (Fsp3) is 0.269. The number of rotatable bonds is 8. The highest BCUT2D eigenvalue weighted by atomic mass is 16.5. The van der Waals surface area contributed by atoms with Crippen LogP contribution < -0.4 is 10.1 Å². The van der Waals surface area contributed by atoms with Crippen LogP contribution in [0.4, 0.5) is 5.69 Å². The molecule has 1 amide bonds. The summed E-state index contributed by atoms with van der Waals surface area (Å²) in [6, 6.07) is 25.7. The summed E-state index contributed by atoms with van der Waals surface area (Å²) < 4.78 is 11.1. The zero-order chi connectivity index (χ0) is 21.7. The second-order valence-corrected chi connectivity index (χ2v) is 7.69. The van der Waals surface area contributed by atoms with Gasteiger partial charge in [0, 0.05) is 18.8 Å². The Labute approximate surface area is 183 Å². The van der Waals surface area contributed by atoms with Crippen molar-refractivity contribution < 1.29 is 14.3 Å². The topological polar surface area (TPSA) is 50.8 Å². The lowest BCUT2D eigenvalue weighted by Crippen LogP contribution is -2.55. The number of hydrogen-bond acceptors (Lipinski definition) is 4. The third-order valence-electron chi connectivity index (χ3n) is 5.62. The zero-order valence-electron chi connectivity index (χ0n) is 18.0. The van der Waals surface area contributed by atoms with Crippen LogP contribution in [-0.2, 0) is 16.9 Å². The number of nitrogens with one attached hydrogen (secondary N) is 1. The normalized spacial score (nSPS) is 17.7. The predicted octanol–water partition coefficient (Wildman–Crippen LogP) is 5.04. The summed E-state index contributed by atoms with van der Waals surface area (Å²) in [4.78, 5) is 15.4. The van der Waals surface area contributed by atoms with E-state index in [2.05, 4.69) is 12.2 Å². The second kappa shape index (κ2) is 9.23. The minimum atomic E-state index is -0.703. The van der Waals surface area contributed by atoms with E-state index in [1.165, 1.54) is 0 Å². The molecule has 1 aliphatic heterocycles. The van der Waals surface area contributed by atoms with Crippen LogP contribution >= 0.6 is 0 Å². The Morgan fingerprint density at radius 3 is 2.35 bits per heavy atom. The summed E-state index contributed by atoms with van der Waals surface area (Å²) in [7, 11) is 0. The van der Waals surface area contributed by atoms with Crippen molar-refractivity contribution in [2.45, 2.75) is 26.1 Å². The number of benzene rings is 3. The molecule has 3 aromatic rings. The zero-order valence-corrected chi connectivity index (χ0v) is 18.0. The van der Waals surface area contributed by atoms with Crippen molar-refractivity contribution in [3.8, 4) is 5.75 Å². The van der Waals surface area contributed by atoms with Gasteiger partial charge in [0.25, 0.3) is 5.91 Å². The van der Waals surface area contributed by atoms with Gasteiger partial charge in [0.1, 0.15) is 18.0 Å². The van der Waals surface area contributed by atoms with Gasteiger partial charge < -0.3 is 19.7 Å². The summed E-state index contributed by atoms with van der Waals surface area (Å²) in [6.07, 6.45) is 0. The van der Waals surface area contributed by atoms with Crippen LogP contribution in [0, 0.1) is 0 Å². The molecule has 4 rings (SSSR count). The van der Waals surface area contributed by atoms with Crippen LogP contribution in [-0.4, -0.2) is 30.6 Å². The van der Waals surface area contributed by atoms with E-state index in [1.54, 1.807) is 0 Å². The Kier molecular flexibility index (Phi) is 6.23. The maximum absolute atomic E-state index is 13.5. The van der Waals surface area contributed by atoms with Crippen molar-refractivity contribution in [1.29, 1.82) is 0 Å². The minimum absolute atomic E-state index is 0.0118. The molecule has 1 unspecified atom stereocenters. The molecule has 1 heterocycles. The third-order valence-corrected chi connectivity index (χ3v) is 5.62. The first kappa shape index (κ1) is 20.9. The smallest absolute Gasteiger partial charge is 0.258 e. The molecule has 1 aliphatic rings. The van der Waals surface area contributed by atoms with Gasteiger partial charge in [-0.1, -0.05) is 54.6 Å². The van der Waals surface area contributed by atoms with Gasteiger partial charge in [-0.05, 0) is 49.2 Å². The van der Waals surface area contributed by atoms with E-state index in [9.17, 15) is 4.79 Å². The highest BCUT2D eigenvalue weighted by Gasteiger charge is 2.42. The molecule has 0 aliphatic carbocycles. The minimum Gasteiger partial charge on any atom is -0.491 e. The molecule has 160 valence electrons. The first-order valence-corrected chi connectivity index (χ1v) is 10.7. The molecule has 5 heteroatoms. The number of para-hydroxylation sites is 1. The van der Waals surface area contributed by atoms with Crippen molar-refractivity contribution in [1.82, 2.24) is 4.90 Å². The van der Waals surface area contributed by atoms with Crippen LogP contribution in [0.5, 0.6) is 5.75 Å². The summed E-state index contributed by atoms with van der Waals surface area (Å²) in [6.45, 7) is 6.27. The van der Waals surface area contributed by atoms with E-state index >= 15 is 0 Å². The molecule has 3 aromatic carbocycles. The van der Waals surface area contributed by atoms with Crippen LogP contribution in [0.1, 0.15) is 35.3 Å². The maximum Gasteiger partial charge on any atom is 0.258 e. The summed E-state index contributed by atoms with van der Waals surface area (Å²) >= 11 is 0. The summed E-state index contributed by atoms with van der Waals surface area (Å²) in [5.74, 6) is 0.793. The van der Waals surface area contributed by atoms with Crippen molar-refractivity contribution in [2.75, 3.05) is 25.1 Å². The summed E-state index contributed by atoms with van der Waals surface area (Å²) in [5, 5.41) is 3.61. The molecule has 0 spiro atoms. The van der Waals surface area contributed by atoms with Crippen molar-refractivity contribution in [2.24, 2.45) is 0 Å². The summed E-state index contributed by atoms with van der Waals surface area (Å²) in [5.41, 5.74) is 2.90. The molecular formula is C26H28N2O3. The van der Waals surface area contributed by atoms with Gasteiger partial charge >= 0.3 is 0 Å². The average Bonchev–Trinajstić information content (AvgIpc) is 2.80. The van der Waals surface area contributed by atoms with E-state index in [1.807, 2.05) is 90.7 Å². The van der Waals surface area contributed by atoms with Crippen LogP contribution in [0.15, 0.2) is 78.9 Å². The Morgan fingerprint density at radius 2 is 1.61 bits per heavy atom. The average molecular weight is 417 g/mol. The van der Waals surface area contributed by atoms with Gasteiger partial charge in [-0.15, -0.1) is 0 Å². The Morgan fingerprint density at radius 1 is 0.903 bits per heavy atom. The second-order valence-electron chi connectivity index (χ2n) is 7.69. The number of hydrogen-bond donors (Lipinski definition) is 1. The lowest BCUT2D eigenvalue weighted by molar-refractivity contribution is 0.0509. The Bertz CT molecular complexity index is 1020. The van der Waals surface area contributed by atoms with E-state index in [-0.39, 0.29) is 5.91 Å². The third kappa shape index (κ3) is 4.42. The molecule has 1 N–H and O–H groups in total. The first-order valence-electron chi connectivity index (χ1n) is 10.7. The van der Waals surface area contributed by atoms with E-state index in [4.69, 9.17) is 9.47 Å². The number of amides is 1. The van der Waals surface area contributed by atoms with E-state index in [0.29, 0.717) is 31.9 Å². The van der Waals surface area contributed by atoms with E-state index < -0.39 is 5.66 Å². The molecule has 0 bridgehead atoms. The number of anilines is 1. The Balaban J connectivity index is 1.64. The number of nitrogens with zero attached hydrogens (tertiary/aromatic N) is 1. The highest BCUT2D eigenvalue weighted by molar-refractivity contribution is 6.02. The number of ether oxygens (including phenoxy) is 2. The highest BCUT2D eigenvalue weighted by Crippen LogP contribution is 2.39. The molecule has 0 aromatic heterocycles. The first-order chi connectivity index (χ1) is 15.1. The van der Waals surface area contributed by atoms with Crippen LogP contribution in [0.3, 0.4) is 0 Å². The molecule has 1 atom stereocenters. The number of carbonyl (C=O) groups is 1. The fourth-order valence-corrected chi connectivity index (χ4v) is 3.92. The van der Waals surface area contributed by atoms with Gasteiger partial charge in [0.15, 0.2) is 0 Å². The van der Waals surface area contributed by atoms with Gasteiger partial charge in [-0.2, -0.15) is 0 Å². The van der Waals surface area contributed by atoms with Crippen molar-refractivity contribution in [3.05, 3.63) is 95.6 Å². The molecular weight excluding hydrogens is 388 g/mol. The molecule has 31 heavy (non-hydrogen) atoms. The monoisotopic (exact) mass is 416 g/mol. The molecule has 0 fully saturated rings. The van der Waals surface area contributed by atoms with Gasteiger partial charge in [-0.3, -0.25) is 4.79 Å². The standard InChI is InChI=1S/C26H28N2O3/c1-3-30-17-18-31-22-15-13-21(14-16-22)26(2)27-24-12-8-7-11-23(24)25(29)28(26)19-20-9-5-4-6-10-20/h4-16,27H,3,17-19H2,1-2H3. The SMILES string of the molecule is CCOCCOc1ccc(C2(C)Nc3ccccc3C(=O)N2Cc2ccccc2)cc1. The van der Waals surface area contributed by atoms with Crippen molar-refractivity contribution in [3.63, 3.8) is 0 Å². The van der Waals surface area contributed by atoms with Gasteiger partial charge in [0.05, 0.1) is 12.2 Å². The maximum atomic E-state index is 13.5. The fourth-order valence-electron chi connectivity index (χ4n) is 3.92. The lowest BCUT2D eigenvalue weighted by atomic mass is 9.93. The number of fused-ring (bicyclic) bond motifs is 1. The molecule has 5 nitrogen and oxygen atoms in total. The van der Waals surface area contributed by atoms with Gasteiger partial charge in [-0.25, -0.2) is 0 Å². The van der Waals surface area contributed by atoms with Crippen LogP contribution in [0.2, 0.25) is 0 Å². The molecule has 0 saturated heterocycles. The van der Waals surface area contributed by atoms with Crippen LogP contribution in [0.25, 0.3) is 0 Å². The van der Waals surface area contributed by atoms with Crippen molar-refractivity contribution >= 4 is 11.6 Å². The molecule has 0 saturated carbocycles. The van der Waals surface area contributed by atoms with Gasteiger partial charge in [0.2, 0.25) is 0 Å². The molecule has 0 radical (unpaired) electrons. The largest absolute Gasteiger partial charge is 0.491 e. The quantitative estimate of drug-likeness (QED) is 0.523. The van der Waals surface area contributed by atoms with E-state index in [0.717, 1.165) is 22.6 Å². The predicted molar refractivity (Wildman–Crippen MR) is 122 cm³/mol.